The number of likely N-dealkylation sites (tertiary alicyclic amines) is 1. The SMILES string of the molecule is CC1CCCCN1C(=O)C1CCN(S(=O)(=O)c2cccc3nsnc23)CC1. The van der Waals surface area contributed by atoms with Gasteiger partial charge in [-0.25, -0.2) is 8.42 Å². The molecule has 2 aliphatic heterocycles. The first kappa shape index (κ1) is 18.8. The average molecular weight is 409 g/mol. The van der Waals surface area contributed by atoms with Gasteiger partial charge >= 0.3 is 0 Å². The highest BCUT2D eigenvalue weighted by Crippen LogP contribution is 2.29. The summed E-state index contributed by atoms with van der Waals surface area (Å²) in [6, 6.07) is 5.35. The summed E-state index contributed by atoms with van der Waals surface area (Å²) >= 11 is 1.02. The number of rotatable bonds is 3. The van der Waals surface area contributed by atoms with E-state index in [1.807, 2.05) is 4.90 Å². The molecule has 1 aromatic heterocycles. The molecular formula is C18H24N4O3S2. The van der Waals surface area contributed by atoms with Crippen LogP contribution in [0, 0.1) is 5.92 Å². The van der Waals surface area contributed by atoms with Crippen molar-refractivity contribution >= 4 is 38.7 Å². The maximum atomic E-state index is 13.1. The molecule has 7 nitrogen and oxygen atoms in total. The van der Waals surface area contributed by atoms with Crippen molar-refractivity contribution < 1.29 is 13.2 Å². The number of hydrogen-bond acceptors (Lipinski definition) is 6. The van der Waals surface area contributed by atoms with Gasteiger partial charge in [-0.1, -0.05) is 6.07 Å². The quantitative estimate of drug-likeness (QED) is 0.779. The maximum absolute atomic E-state index is 13.1. The van der Waals surface area contributed by atoms with Gasteiger partial charge in [-0.05, 0) is 51.2 Å². The van der Waals surface area contributed by atoms with Crippen molar-refractivity contribution in [3.8, 4) is 0 Å². The van der Waals surface area contributed by atoms with E-state index in [0.717, 1.165) is 31.1 Å². The number of hydrogen-bond donors (Lipinski definition) is 0. The van der Waals surface area contributed by atoms with Gasteiger partial charge in [-0.15, -0.1) is 0 Å². The van der Waals surface area contributed by atoms with Crippen LogP contribution in [0.2, 0.25) is 0 Å². The van der Waals surface area contributed by atoms with Gasteiger partial charge in [0.1, 0.15) is 15.9 Å². The molecule has 0 radical (unpaired) electrons. The third-order valence-electron chi connectivity index (χ3n) is 5.76. The van der Waals surface area contributed by atoms with Crippen LogP contribution >= 0.6 is 11.7 Å². The third-order valence-corrected chi connectivity index (χ3v) is 8.23. The van der Waals surface area contributed by atoms with Crippen LogP contribution in [0.15, 0.2) is 23.1 Å². The van der Waals surface area contributed by atoms with Crippen molar-refractivity contribution in [1.29, 1.82) is 0 Å². The largest absolute Gasteiger partial charge is 0.340 e. The zero-order valence-electron chi connectivity index (χ0n) is 15.4. The van der Waals surface area contributed by atoms with E-state index in [1.54, 1.807) is 18.2 Å². The molecule has 4 rings (SSSR count). The minimum atomic E-state index is -3.63. The lowest BCUT2D eigenvalue weighted by Gasteiger charge is -2.38. The summed E-state index contributed by atoms with van der Waals surface area (Å²) < 4.78 is 36.0. The molecule has 3 heterocycles. The molecule has 27 heavy (non-hydrogen) atoms. The number of carbonyl (C=O) groups is 1. The summed E-state index contributed by atoms with van der Waals surface area (Å²) in [5.41, 5.74) is 1.04. The van der Waals surface area contributed by atoms with E-state index in [9.17, 15) is 13.2 Å². The molecule has 1 unspecified atom stereocenters. The fourth-order valence-corrected chi connectivity index (χ4v) is 6.35. The number of carbonyl (C=O) groups excluding carboxylic acids is 1. The molecular weight excluding hydrogens is 384 g/mol. The summed E-state index contributed by atoms with van der Waals surface area (Å²) in [7, 11) is -3.63. The first-order chi connectivity index (χ1) is 13.0. The number of sulfonamides is 1. The Kier molecular flexibility index (Phi) is 5.17. The summed E-state index contributed by atoms with van der Waals surface area (Å²) in [5.74, 6) is 0.124. The fourth-order valence-electron chi connectivity index (χ4n) is 4.13. The lowest BCUT2D eigenvalue weighted by atomic mass is 9.94. The van der Waals surface area contributed by atoms with Crippen LogP contribution in [0.1, 0.15) is 39.0 Å². The highest BCUT2D eigenvalue weighted by molar-refractivity contribution is 7.89. The van der Waals surface area contributed by atoms with Gasteiger partial charge in [-0.2, -0.15) is 13.1 Å². The van der Waals surface area contributed by atoms with Gasteiger partial charge in [-0.3, -0.25) is 4.79 Å². The Morgan fingerprint density at radius 1 is 1.11 bits per heavy atom. The molecule has 2 aromatic rings. The molecule has 0 N–H and O–H groups in total. The molecule has 9 heteroatoms. The molecule has 0 spiro atoms. The highest BCUT2D eigenvalue weighted by atomic mass is 32.2. The molecule has 2 fully saturated rings. The van der Waals surface area contributed by atoms with Crippen LogP contribution in [-0.2, 0) is 14.8 Å². The van der Waals surface area contributed by atoms with E-state index in [1.165, 1.54) is 10.7 Å². The molecule has 2 saturated heterocycles. The van der Waals surface area contributed by atoms with Crippen LogP contribution in [0.4, 0.5) is 0 Å². The minimum absolute atomic E-state index is 0.0752. The Balaban J connectivity index is 1.47. The second-order valence-corrected chi connectivity index (χ2v) is 9.88. The number of nitrogens with zero attached hydrogens (tertiary/aromatic N) is 4. The normalized spacial score (nSPS) is 23.0. The summed E-state index contributed by atoms with van der Waals surface area (Å²) in [5, 5.41) is 0. The van der Waals surface area contributed by atoms with Gasteiger partial charge in [0.25, 0.3) is 0 Å². The van der Waals surface area contributed by atoms with Crippen molar-refractivity contribution in [2.24, 2.45) is 5.92 Å². The number of benzene rings is 1. The van der Waals surface area contributed by atoms with E-state index in [-0.39, 0.29) is 16.7 Å². The first-order valence-corrected chi connectivity index (χ1v) is 11.7. The Bertz CT molecular complexity index is 935. The van der Waals surface area contributed by atoms with Crippen molar-refractivity contribution in [3.05, 3.63) is 18.2 Å². The smallest absolute Gasteiger partial charge is 0.245 e. The Morgan fingerprint density at radius 2 is 1.89 bits per heavy atom. The second kappa shape index (κ2) is 7.44. The first-order valence-electron chi connectivity index (χ1n) is 9.50. The Hall–Kier alpha value is -1.58. The molecule has 2 aliphatic rings. The zero-order chi connectivity index (χ0) is 19.0. The predicted molar refractivity (Wildman–Crippen MR) is 104 cm³/mol. The molecule has 146 valence electrons. The average Bonchev–Trinajstić information content (AvgIpc) is 3.16. The Labute approximate surface area is 163 Å². The molecule has 1 atom stereocenters. The van der Waals surface area contributed by atoms with Crippen LogP contribution in [-0.4, -0.2) is 58.0 Å². The monoisotopic (exact) mass is 408 g/mol. The maximum Gasteiger partial charge on any atom is 0.245 e. The van der Waals surface area contributed by atoms with E-state index in [2.05, 4.69) is 15.7 Å². The number of fused-ring (bicyclic) bond motifs is 1. The molecule has 0 aliphatic carbocycles. The van der Waals surface area contributed by atoms with E-state index < -0.39 is 10.0 Å². The van der Waals surface area contributed by atoms with Crippen LogP contribution in [0.25, 0.3) is 11.0 Å². The van der Waals surface area contributed by atoms with Gasteiger partial charge < -0.3 is 4.90 Å². The number of aromatic nitrogens is 2. The summed E-state index contributed by atoms with van der Waals surface area (Å²) in [6.07, 6.45) is 4.46. The van der Waals surface area contributed by atoms with Crippen LogP contribution in [0.3, 0.4) is 0 Å². The highest BCUT2D eigenvalue weighted by Gasteiger charge is 2.36. The zero-order valence-corrected chi connectivity index (χ0v) is 17.0. The minimum Gasteiger partial charge on any atom is -0.340 e. The van der Waals surface area contributed by atoms with Gasteiger partial charge in [0, 0.05) is 31.6 Å². The lowest BCUT2D eigenvalue weighted by Crippen LogP contribution is -2.48. The van der Waals surface area contributed by atoms with Crippen LogP contribution < -0.4 is 0 Å². The fraction of sp³-hybridized carbons (Fsp3) is 0.611. The topological polar surface area (TPSA) is 83.5 Å². The second-order valence-electron chi connectivity index (χ2n) is 7.44. The van der Waals surface area contributed by atoms with Gasteiger partial charge in [0.15, 0.2) is 0 Å². The van der Waals surface area contributed by atoms with Gasteiger partial charge in [0.05, 0.1) is 11.7 Å². The van der Waals surface area contributed by atoms with E-state index in [4.69, 9.17) is 0 Å². The summed E-state index contributed by atoms with van der Waals surface area (Å²) in [6.45, 7) is 3.68. The van der Waals surface area contributed by atoms with Gasteiger partial charge in [0.2, 0.25) is 15.9 Å². The third kappa shape index (κ3) is 3.48. The van der Waals surface area contributed by atoms with E-state index >= 15 is 0 Å². The van der Waals surface area contributed by atoms with Crippen molar-refractivity contribution in [1.82, 2.24) is 18.0 Å². The standard InChI is InChI=1S/C18H24N4O3S2/c1-13-5-2-3-10-22(13)18(23)14-8-11-21(12-9-14)27(24,25)16-7-4-6-15-17(16)20-26-19-15/h4,6-7,13-14H,2-3,5,8-12H2,1H3. The van der Waals surface area contributed by atoms with E-state index in [0.29, 0.717) is 43.0 Å². The molecule has 0 bridgehead atoms. The van der Waals surface area contributed by atoms with Crippen molar-refractivity contribution in [2.45, 2.75) is 50.0 Å². The lowest BCUT2D eigenvalue weighted by molar-refractivity contribution is -0.140. The Morgan fingerprint density at radius 3 is 2.63 bits per heavy atom. The molecule has 0 saturated carbocycles. The van der Waals surface area contributed by atoms with Crippen molar-refractivity contribution in [2.75, 3.05) is 19.6 Å². The van der Waals surface area contributed by atoms with Crippen LogP contribution in [0.5, 0.6) is 0 Å². The molecule has 1 amide bonds. The number of piperidine rings is 2. The number of amides is 1. The molecule has 1 aromatic carbocycles. The summed E-state index contributed by atoms with van der Waals surface area (Å²) in [4.78, 5) is 15.1. The predicted octanol–water partition coefficient (Wildman–Crippen LogP) is 2.49. The van der Waals surface area contributed by atoms with Crippen molar-refractivity contribution in [3.63, 3.8) is 0 Å².